The maximum absolute atomic E-state index is 11.2. The van der Waals surface area contributed by atoms with Crippen LogP contribution < -0.4 is 11.1 Å². The van der Waals surface area contributed by atoms with Crippen LogP contribution in [0.2, 0.25) is 0 Å². The van der Waals surface area contributed by atoms with Crippen molar-refractivity contribution in [2.45, 2.75) is 43.8 Å². The lowest BCUT2D eigenvalue weighted by Gasteiger charge is -2.22. The van der Waals surface area contributed by atoms with Gasteiger partial charge in [0, 0.05) is 18.6 Å². The van der Waals surface area contributed by atoms with Gasteiger partial charge in [0.05, 0.1) is 6.04 Å². The fraction of sp³-hybridized carbons (Fsp3) is 0.900. The number of carbonyl (C=O) groups is 1. The van der Waals surface area contributed by atoms with Crippen LogP contribution in [0.5, 0.6) is 0 Å². The molecule has 1 atom stereocenters. The van der Waals surface area contributed by atoms with Crippen molar-refractivity contribution in [1.29, 1.82) is 0 Å². The van der Waals surface area contributed by atoms with Gasteiger partial charge in [-0.25, -0.2) is 0 Å². The summed E-state index contributed by atoms with van der Waals surface area (Å²) in [5.74, 6) is -0.218. The molecule has 2 aliphatic rings. The van der Waals surface area contributed by atoms with Crippen LogP contribution in [0.15, 0.2) is 0 Å². The molecular formula is C10H19N3O. The van der Waals surface area contributed by atoms with Crippen LogP contribution in [0.4, 0.5) is 0 Å². The van der Waals surface area contributed by atoms with Gasteiger partial charge in [-0.05, 0) is 32.7 Å². The maximum atomic E-state index is 11.2. The lowest BCUT2D eigenvalue weighted by atomic mass is 10.2. The molecule has 0 saturated heterocycles. The highest BCUT2D eigenvalue weighted by atomic mass is 16.1. The lowest BCUT2D eigenvalue weighted by molar-refractivity contribution is -0.120. The Balaban J connectivity index is 1.78. The van der Waals surface area contributed by atoms with Crippen LogP contribution in [-0.2, 0) is 4.79 Å². The molecular weight excluding hydrogens is 178 g/mol. The van der Waals surface area contributed by atoms with Crippen LogP contribution in [0.3, 0.4) is 0 Å². The first-order valence-corrected chi connectivity index (χ1v) is 5.42. The molecule has 2 aliphatic carbocycles. The molecule has 1 unspecified atom stereocenters. The van der Waals surface area contributed by atoms with Crippen LogP contribution in [0, 0.1) is 0 Å². The van der Waals surface area contributed by atoms with Gasteiger partial charge in [0.25, 0.3) is 0 Å². The highest BCUT2D eigenvalue weighted by Crippen LogP contribution is 2.25. The zero-order valence-corrected chi connectivity index (χ0v) is 8.70. The minimum atomic E-state index is -0.218. The van der Waals surface area contributed by atoms with Gasteiger partial charge in [-0.15, -0.1) is 0 Å². The van der Waals surface area contributed by atoms with Gasteiger partial charge in [-0.2, -0.15) is 0 Å². The summed E-state index contributed by atoms with van der Waals surface area (Å²) < 4.78 is 0. The maximum Gasteiger partial charge on any atom is 0.235 e. The predicted molar refractivity (Wildman–Crippen MR) is 54.8 cm³/mol. The number of amides is 1. The van der Waals surface area contributed by atoms with Crippen LogP contribution in [-0.4, -0.2) is 42.5 Å². The van der Waals surface area contributed by atoms with E-state index >= 15 is 0 Å². The van der Waals surface area contributed by atoms with E-state index in [2.05, 4.69) is 17.3 Å². The van der Waals surface area contributed by atoms with Crippen molar-refractivity contribution in [2.24, 2.45) is 5.73 Å². The number of primary amides is 1. The first-order chi connectivity index (χ1) is 6.66. The fourth-order valence-electron chi connectivity index (χ4n) is 1.71. The van der Waals surface area contributed by atoms with E-state index in [0.717, 1.165) is 6.54 Å². The molecule has 0 aliphatic heterocycles. The van der Waals surface area contributed by atoms with Crippen LogP contribution in [0.25, 0.3) is 0 Å². The molecule has 0 bridgehead atoms. The molecule has 80 valence electrons. The lowest BCUT2D eigenvalue weighted by Crippen LogP contribution is -2.49. The normalized spacial score (nSPS) is 23.9. The second-order valence-corrected chi connectivity index (χ2v) is 4.57. The Kier molecular flexibility index (Phi) is 2.74. The third-order valence-corrected chi connectivity index (χ3v) is 3.00. The molecule has 14 heavy (non-hydrogen) atoms. The SMILES string of the molecule is CN(CC(NC1CC1)C(N)=O)C1CC1. The van der Waals surface area contributed by atoms with E-state index in [1.165, 1.54) is 25.7 Å². The summed E-state index contributed by atoms with van der Waals surface area (Å²) in [5, 5.41) is 3.29. The second-order valence-electron chi connectivity index (χ2n) is 4.57. The Hall–Kier alpha value is -0.610. The van der Waals surface area contributed by atoms with Gasteiger partial charge in [0.15, 0.2) is 0 Å². The summed E-state index contributed by atoms with van der Waals surface area (Å²) in [6.07, 6.45) is 4.92. The average Bonchev–Trinajstić information content (AvgIpc) is 2.98. The smallest absolute Gasteiger partial charge is 0.235 e. The Bertz CT molecular complexity index is 223. The van der Waals surface area contributed by atoms with Crippen molar-refractivity contribution in [3.63, 3.8) is 0 Å². The van der Waals surface area contributed by atoms with Crippen molar-refractivity contribution in [2.75, 3.05) is 13.6 Å². The van der Waals surface area contributed by atoms with Crippen molar-refractivity contribution in [3.05, 3.63) is 0 Å². The van der Waals surface area contributed by atoms with Crippen molar-refractivity contribution < 1.29 is 4.79 Å². The van der Waals surface area contributed by atoms with E-state index in [9.17, 15) is 4.79 Å². The molecule has 0 aromatic heterocycles. The molecule has 2 saturated carbocycles. The van der Waals surface area contributed by atoms with E-state index in [1.807, 2.05) is 0 Å². The largest absolute Gasteiger partial charge is 0.368 e. The van der Waals surface area contributed by atoms with Gasteiger partial charge >= 0.3 is 0 Å². The topological polar surface area (TPSA) is 58.4 Å². The predicted octanol–water partition coefficient (Wildman–Crippen LogP) is -0.313. The Morgan fingerprint density at radius 3 is 2.57 bits per heavy atom. The van der Waals surface area contributed by atoms with Gasteiger partial charge in [0.1, 0.15) is 0 Å². The van der Waals surface area contributed by atoms with Gasteiger partial charge in [-0.3, -0.25) is 4.79 Å². The molecule has 4 heteroatoms. The van der Waals surface area contributed by atoms with Gasteiger partial charge in [0.2, 0.25) is 5.91 Å². The summed E-state index contributed by atoms with van der Waals surface area (Å²) >= 11 is 0. The summed E-state index contributed by atoms with van der Waals surface area (Å²) in [6, 6.07) is 1.08. The number of likely N-dealkylation sites (N-methyl/N-ethyl adjacent to an activating group) is 1. The highest BCUT2D eigenvalue weighted by Gasteiger charge is 2.32. The van der Waals surface area contributed by atoms with E-state index in [0.29, 0.717) is 12.1 Å². The van der Waals surface area contributed by atoms with Crippen molar-refractivity contribution in [1.82, 2.24) is 10.2 Å². The number of nitrogens with two attached hydrogens (primary N) is 1. The van der Waals surface area contributed by atoms with Gasteiger partial charge in [-0.1, -0.05) is 0 Å². The van der Waals surface area contributed by atoms with Crippen molar-refractivity contribution >= 4 is 5.91 Å². The Morgan fingerprint density at radius 1 is 1.50 bits per heavy atom. The molecule has 0 aromatic carbocycles. The number of rotatable bonds is 6. The minimum Gasteiger partial charge on any atom is -0.368 e. The van der Waals surface area contributed by atoms with Crippen LogP contribution >= 0.6 is 0 Å². The molecule has 0 heterocycles. The Morgan fingerprint density at radius 2 is 2.14 bits per heavy atom. The fourth-order valence-corrected chi connectivity index (χ4v) is 1.71. The summed E-state index contributed by atoms with van der Waals surface area (Å²) in [4.78, 5) is 13.4. The zero-order valence-electron chi connectivity index (χ0n) is 8.70. The second kappa shape index (κ2) is 3.87. The van der Waals surface area contributed by atoms with E-state index in [4.69, 9.17) is 5.73 Å². The molecule has 2 fully saturated rings. The molecule has 0 radical (unpaired) electrons. The minimum absolute atomic E-state index is 0.159. The number of carbonyl (C=O) groups excluding carboxylic acids is 1. The number of hydrogen-bond donors (Lipinski definition) is 2. The zero-order chi connectivity index (χ0) is 10.1. The molecule has 2 rings (SSSR count). The third-order valence-electron chi connectivity index (χ3n) is 3.00. The molecule has 0 spiro atoms. The highest BCUT2D eigenvalue weighted by molar-refractivity contribution is 5.80. The van der Waals surface area contributed by atoms with Gasteiger partial charge < -0.3 is 16.0 Å². The summed E-state index contributed by atoms with van der Waals surface area (Å²) in [7, 11) is 2.07. The molecule has 4 nitrogen and oxygen atoms in total. The molecule has 0 aromatic rings. The number of nitrogens with one attached hydrogen (secondary N) is 1. The number of hydrogen-bond acceptors (Lipinski definition) is 3. The summed E-state index contributed by atoms with van der Waals surface area (Å²) in [6.45, 7) is 0.760. The molecule has 3 N–H and O–H groups in total. The summed E-state index contributed by atoms with van der Waals surface area (Å²) in [5.41, 5.74) is 5.35. The monoisotopic (exact) mass is 197 g/mol. The third kappa shape index (κ3) is 2.69. The standard InChI is InChI=1S/C10H19N3O/c1-13(8-4-5-8)6-9(10(11)14)12-7-2-3-7/h7-9,12H,2-6H2,1H3,(H2,11,14). The van der Waals surface area contributed by atoms with Crippen LogP contribution in [0.1, 0.15) is 25.7 Å². The quantitative estimate of drug-likeness (QED) is 0.614. The molecule has 1 amide bonds. The number of nitrogens with zero attached hydrogens (tertiary/aromatic N) is 1. The Labute approximate surface area is 84.8 Å². The van der Waals surface area contributed by atoms with Crippen molar-refractivity contribution in [3.8, 4) is 0 Å². The first kappa shape index (κ1) is 9.93. The first-order valence-electron chi connectivity index (χ1n) is 5.42. The average molecular weight is 197 g/mol. The van der Waals surface area contributed by atoms with E-state index in [-0.39, 0.29) is 11.9 Å². The van der Waals surface area contributed by atoms with E-state index < -0.39 is 0 Å². The van der Waals surface area contributed by atoms with E-state index in [1.54, 1.807) is 0 Å².